The normalized spacial score (nSPS) is 35.2. The highest BCUT2D eigenvalue weighted by atomic mass is 19.1. The number of anilines is 1. The number of β-amino-alcohol motifs (C(OH)–C–C–N with tert-alkyl or cyclic N) is 1. The molecule has 1 atom stereocenters. The van der Waals surface area contributed by atoms with Crippen molar-refractivity contribution in [3.05, 3.63) is 30.1 Å². The van der Waals surface area contributed by atoms with Crippen LogP contribution in [0.3, 0.4) is 0 Å². The molecule has 1 aliphatic heterocycles. The van der Waals surface area contributed by atoms with Crippen molar-refractivity contribution in [3.63, 3.8) is 0 Å². The summed E-state index contributed by atoms with van der Waals surface area (Å²) in [5.74, 6) is 2.66. The summed E-state index contributed by atoms with van der Waals surface area (Å²) in [6.07, 6.45) is 8.06. The molecular weight excluding hydrogens is 367 g/mol. The average molecular weight is 403 g/mol. The minimum Gasteiger partial charge on any atom is -0.389 e. The molecule has 0 amide bonds. The van der Waals surface area contributed by atoms with Gasteiger partial charge in [-0.3, -0.25) is 4.90 Å². The van der Waals surface area contributed by atoms with Crippen LogP contribution in [0.4, 0.5) is 10.1 Å². The van der Waals surface area contributed by atoms with E-state index >= 15 is 0 Å². The van der Waals surface area contributed by atoms with Gasteiger partial charge in [0.15, 0.2) is 0 Å². The second kappa shape index (κ2) is 8.16. The predicted molar refractivity (Wildman–Crippen MR) is 112 cm³/mol. The molecular formula is C24H35FN2O2. The fraction of sp³-hybridized carbons (Fsp3) is 0.750. The number of hydrogen-bond donors (Lipinski definition) is 1. The van der Waals surface area contributed by atoms with Crippen molar-refractivity contribution in [2.24, 2.45) is 23.2 Å². The summed E-state index contributed by atoms with van der Waals surface area (Å²) in [6, 6.07) is 6.73. The van der Waals surface area contributed by atoms with Crippen LogP contribution < -0.4 is 4.90 Å². The molecule has 0 radical (unpaired) electrons. The Bertz CT molecular complexity index is 651. The van der Waals surface area contributed by atoms with Gasteiger partial charge in [0.1, 0.15) is 5.82 Å². The van der Waals surface area contributed by atoms with Crippen molar-refractivity contribution in [1.82, 2.24) is 4.90 Å². The van der Waals surface area contributed by atoms with Gasteiger partial charge in [-0.25, -0.2) is 4.39 Å². The van der Waals surface area contributed by atoms with Gasteiger partial charge in [0.25, 0.3) is 0 Å². The van der Waals surface area contributed by atoms with E-state index < -0.39 is 6.10 Å². The van der Waals surface area contributed by atoms with E-state index in [-0.39, 0.29) is 5.82 Å². The Hall–Kier alpha value is -1.17. The number of nitrogens with zero attached hydrogens (tertiary/aromatic N) is 2. The molecule has 1 heterocycles. The first-order valence-corrected chi connectivity index (χ1v) is 11.6. The van der Waals surface area contributed by atoms with Gasteiger partial charge in [0, 0.05) is 38.4 Å². The van der Waals surface area contributed by atoms with Crippen molar-refractivity contribution >= 4 is 5.69 Å². The minimum atomic E-state index is -0.415. The van der Waals surface area contributed by atoms with Gasteiger partial charge in [0.05, 0.1) is 19.3 Å². The van der Waals surface area contributed by atoms with Crippen LogP contribution >= 0.6 is 0 Å². The lowest BCUT2D eigenvalue weighted by molar-refractivity contribution is -0.107. The quantitative estimate of drug-likeness (QED) is 0.757. The van der Waals surface area contributed by atoms with E-state index in [4.69, 9.17) is 4.74 Å². The van der Waals surface area contributed by atoms with E-state index in [1.807, 2.05) is 12.1 Å². The molecule has 4 bridgehead atoms. The molecule has 5 heteroatoms. The molecule has 4 saturated carbocycles. The maximum atomic E-state index is 13.1. The summed E-state index contributed by atoms with van der Waals surface area (Å²) in [4.78, 5) is 4.60. The van der Waals surface area contributed by atoms with Gasteiger partial charge in [-0.05, 0) is 86.0 Å². The molecule has 1 N–H and O–H groups in total. The topological polar surface area (TPSA) is 35.9 Å². The number of rotatable bonds is 7. The highest BCUT2D eigenvalue weighted by Gasteiger charge is 2.50. The highest BCUT2D eigenvalue weighted by Crippen LogP contribution is 2.60. The third kappa shape index (κ3) is 4.47. The number of aliphatic hydroxyl groups is 1. The molecule has 4 aliphatic carbocycles. The van der Waals surface area contributed by atoms with Crippen LogP contribution in [0.2, 0.25) is 0 Å². The summed E-state index contributed by atoms with van der Waals surface area (Å²) in [7, 11) is 0. The van der Waals surface area contributed by atoms with Gasteiger partial charge >= 0.3 is 0 Å². The third-order valence-electron chi connectivity index (χ3n) is 7.92. The van der Waals surface area contributed by atoms with Crippen LogP contribution in [-0.4, -0.2) is 62.0 Å². The van der Waals surface area contributed by atoms with Crippen molar-refractivity contribution in [2.45, 2.75) is 44.6 Å². The zero-order valence-corrected chi connectivity index (χ0v) is 17.4. The summed E-state index contributed by atoms with van der Waals surface area (Å²) < 4.78 is 19.2. The van der Waals surface area contributed by atoms with E-state index in [0.717, 1.165) is 56.2 Å². The Morgan fingerprint density at radius 1 is 0.966 bits per heavy atom. The van der Waals surface area contributed by atoms with Crippen LogP contribution in [0.25, 0.3) is 0 Å². The number of benzene rings is 1. The molecule has 29 heavy (non-hydrogen) atoms. The van der Waals surface area contributed by atoms with E-state index in [2.05, 4.69) is 9.80 Å². The molecule has 0 aromatic heterocycles. The maximum absolute atomic E-state index is 13.1. The smallest absolute Gasteiger partial charge is 0.123 e. The van der Waals surface area contributed by atoms with E-state index in [1.165, 1.54) is 50.7 Å². The van der Waals surface area contributed by atoms with Crippen molar-refractivity contribution in [2.75, 3.05) is 50.8 Å². The van der Waals surface area contributed by atoms with Gasteiger partial charge in [-0.1, -0.05) is 0 Å². The molecule has 5 aliphatic rings. The Kier molecular flexibility index (Phi) is 5.57. The number of piperazine rings is 1. The molecule has 4 nitrogen and oxygen atoms in total. The standard InChI is InChI=1S/C24H35FN2O2/c25-21-1-3-22(4-2-21)27-7-5-26(6-8-27)15-23(28)16-29-17-24-12-18-9-19(13-24)11-20(10-18)14-24/h1-4,18-20,23,28H,5-17H2. The molecule has 1 saturated heterocycles. The number of aliphatic hydroxyl groups excluding tert-OH is 1. The second-order valence-electron chi connectivity index (χ2n) is 10.4. The van der Waals surface area contributed by atoms with Crippen LogP contribution in [0.5, 0.6) is 0 Å². The summed E-state index contributed by atoms with van der Waals surface area (Å²) in [5, 5.41) is 10.5. The first-order valence-electron chi connectivity index (χ1n) is 11.6. The first-order chi connectivity index (χ1) is 14.1. The molecule has 6 rings (SSSR count). The molecule has 5 fully saturated rings. The summed E-state index contributed by atoms with van der Waals surface area (Å²) in [6.45, 7) is 5.65. The summed E-state index contributed by atoms with van der Waals surface area (Å²) >= 11 is 0. The predicted octanol–water partition coefficient (Wildman–Crippen LogP) is 3.54. The zero-order valence-electron chi connectivity index (χ0n) is 17.4. The average Bonchev–Trinajstić information content (AvgIpc) is 2.68. The largest absolute Gasteiger partial charge is 0.389 e. The summed E-state index contributed by atoms with van der Waals surface area (Å²) in [5.41, 5.74) is 1.50. The lowest BCUT2D eigenvalue weighted by atomic mass is 9.50. The lowest BCUT2D eigenvalue weighted by Gasteiger charge is -2.56. The molecule has 160 valence electrons. The minimum absolute atomic E-state index is 0.191. The maximum Gasteiger partial charge on any atom is 0.123 e. The van der Waals surface area contributed by atoms with Crippen molar-refractivity contribution < 1.29 is 14.2 Å². The second-order valence-corrected chi connectivity index (χ2v) is 10.4. The van der Waals surface area contributed by atoms with Gasteiger partial charge in [-0.15, -0.1) is 0 Å². The van der Waals surface area contributed by atoms with E-state index in [1.54, 1.807) is 0 Å². The lowest BCUT2D eigenvalue weighted by Crippen LogP contribution is -2.50. The molecule has 1 aromatic carbocycles. The van der Waals surface area contributed by atoms with Crippen LogP contribution in [-0.2, 0) is 4.74 Å². The molecule has 1 unspecified atom stereocenters. The van der Waals surface area contributed by atoms with Crippen LogP contribution in [0.15, 0.2) is 24.3 Å². The SMILES string of the molecule is OC(COCC12CC3CC(CC(C3)C1)C2)CN1CCN(c2ccc(F)cc2)CC1. The van der Waals surface area contributed by atoms with Gasteiger partial charge in [0.2, 0.25) is 0 Å². The van der Waals surface area contributed by atoms with Gasteiger partial charge < -0.3 is 14.7 Å². The van der Waals surface area contributed by atoms with Gasteiger partial charge in [-0.2, -0.15) is 0 Å². The number of hydrogen-bond acceptors (Lipinski definition) is 4. The fourth-order valence-electron chi connectivity index (χ4n) is 7.07. The highest BCUT2D eigenvalue weighted by molar-refractivity contribution is 5.46. The van der Waals surface area contributed by atoms with Crippen molar-refractivity contribution in [3.8, 4) is 0 Å². The third-order valence-corrected chi connectivity index (χ3v) is 7.92. The van der Waals surface area contributed by atoms with Crippen LogP contribution in [0, 0.1) is 29.0 Å². The van der Waals surface area contributed by atoms with Crippen molar-refractivity contribution in [1.29, 1.82) is 0 Å². The zero-order chi connectivity index (χ0) is 19.8. The van der Waals surface area contributed by atoms with E-state index in [0.29, 0.717) is 18.6 Å². The monoisotopic (exact) mass is 402 g/mol. The Morgan fingerprint density at radius 3 is 2.14 bits per heavy atom. The Morgan fingerprint density at radius 2 is 1.55 bits per heavy atom. The molecule has 0 spiro atoms. The van der Waals surface area contributed by atoms with E-state index in [9.17, 15) is 9.50 Å². The van der Waals surface area contributed by atoms with Crippen LogP contribution in [0.1, 0.15) is 38.5 Å². The Labute approximate surface area is 174 Å². The number of ether oxygens (including phenoxy) is 1. The fourth-order valence-corrected chi connectivity index (χ4v) is 7.07. The first kappa shape index (κ1) is 19.8. The molecule has 1 aromatic rings. The Balaban J connectivity index is 1.03. The number of halogens is 1.